The number of β-lactam (4-membered cyclic amide) rings is 1. The normalized spacial score (nSPS) is 17.6. The van der Waals surface area contributed by atoms with Gasteiger partial charge in [0.05, 0.1) is 24.5 Å². The zero-order valence-corrected chi connectivity index (χ0v) is 28.9. The SMILES string of the molecule is C=CCOC(=O)C(N1C(=O)[C@H]([C@@H](C)O[Si](C)(C)C(C)(C)C)[C@H]1CC(=O)O)=P(c1ccccc1)(c1ccccc1)c1ccccc1. The van der Waals surface area contributed by atoms with E-state index in [2.05, 4.69) is 40.4 Å². The van der Waals surface area contributed by atoms with Gasteiger partial charge in [-0.25, -0.2) is 4.79 Å². The van der Waals surface area contributed by atoms with Crippen molar-refractivity contribution >= 4 is 54.4 Å². The van der Waals surface area contributed by atoms with Gasteiger partial charge in [0.1, 0.15) is 12.0 Å². The van der Waals surface area contributed by atoms with Gasteiger partial charge in [-0.05, 0) is 41.0 Å². The van der Waals surface area contributed by atoms with Crippen LogP contribution in [0.3, 0.4) is 0 Å². The number of aliphatic carboxylic acids is 1. The highest BCUT2D eigenvalue weighted by Crippen LogP contribution is 2.50. The Kier molecular flexibility index (Phi) is 10.4. The summed E-state index contributed by atoms with van der Waals surface area (Å²) in [6, 6.07) is 28.1. The number of benzene rings is 3. The van der Waals surface area contributed by atoms with Crippen LogP contribution in [0.25, 0.3) is 0 Å². The van der Waals surface area contributed by atoms with Gasteiger partial charge in [0.15, 0.2) is 8.32 Å². The number of hydrogen-bond acceptors (Lipinski definition) is 5. The lowest BCUT2D eigenvalue weighted by atomic mass is 9.81. The summed E-state index contributed by atoms with van der Waals surface area (Å²) in [6.45, 7) is 12.9. The van der Waals surface area contributed by atoms with Crippen LogP contribution in [0.1, 0.15) is 34.1 Å². The summed E-state index contributed by atoms with van der Waals surface area (Å²) < 4.78 is 12.4. The van der Waals surface area contributed by atoms with Crippen LogP contribution >= 0.6 is 6.89 Å². The Morgan fingerprint density at radius 3 is 1.76 bits per heavy atom. The standard InChI is InChI=1S/C36H44NO6PSi/c1-8-24-42-35(41)34(37-30(25-31(38)39)32(33(37)40)26(2)43-45(6,7)36(3,4)5)44(27-18-12-9-13-19-27,28-20-14-10-15-21-28)29-22-16-11-17-23-29/h8-23,26,30,32H,1,24-25H2,2-7H3,(H,38,39)/t26-,30-,32-/m1/s1. The summed E-state index contributed by atoms with van der Waals surface area (Å²) in [6.07, 6.45) is 0.578. The molecule has 1 fully saturated rings. The lowest BCUT2D eigenvalue weighted by Crippen LogP contribution is -2.69. The van der Waals surface area contributed by atoms with Crippen molar-refractivity contribution < 1.29 is 28.7 Å². The van der Waals surface area contributed by atoms with Gasteiger partial charge in [0.2, 0.25) is 5.91 Å². The van der Waals surface area contributed by atoms with E-state index in [0.717, 1.165) is 15.9 Å². The quantitative estimate of drug-likeness (QED) is 0.0913. The summed E-state index contributed by atoms with van der Waals surface area (Å²) in [7, 11) is -2.32. The second kappa shape index (κ2) is 13.7. The van der Waals surface area contributed by atoms with E-state index in [4.69, 9.17) is 9.16 Å². The second-order valence-electron chi connectivity index (χ2n) is 12.9. The molecule has 0 bridgehead atoms. The highest BCUT2D eigenvalue weighted by molar-refractivity contribution is 7.96. The third-order valence-electron chi connectivity index (χ3n) is 8.94. The largest absolute Gasteiger partial charge is 0.481 e. The summed E-state index contributed by atoms with van der Waals surface area (Å²) in [5.41, 5.74) is 0.153. The number of nitrogens with zero attached hydrogens (tertiary/aromatic N) is 1. The first-order chi connectivity index (χ1) is 21.3. The van der Waals surface area contributed by atoms with E-state index in [1.807, 2.05) is 97.9 Å². The van der Waals surface area contributed by atoms with Crippen LogP contribution in [-0.4, -0.2) is 60.3 Å². The van der Waals surface area contributed by atoms with Crippen molar-refractivity contribution in [1.82, 2.24) is 4.90 Å². The van der Waals surface area contributed by atoms with Crippen LogP contribution in [0.5, 0.6) is 0 Å². The van der Waals surface area contributed by atoms with Crippen molar-refractivity contribution in [3.05, 3.63) is 104 Å². The first kappa shape index (κ1) is 34.2. The molecule has 0 spiro atoms. The average Bonchev–Trinajstić information content (AvgIpc) is 3.00. The van der Waals surface area contributed by atoms with Gasteiger partial charge in [0.25, 0.3) is 0 Å². The van der Waals surface area contributed by atoms with Crippen LogP contribution in [0.2, 0.25) is 18.1 Å². The molecule has 4 rings (SSSR count). The van der Waals surface area contributed by atoms with Crippen LogP contribution < -0.4 is 15.9 Å². The van der Waals surface area contributed by atoms with Crippen LogP contribution in [0.15, 0.2) is 104 Å². The third-order valence-corrected chi connectivity index (χ3v) is 17.8. The number of carbonyl (C=O) groups excluding carboxylic acids is 2. The number of esters is 1. The van der Waals surface area contributed by atoms with Crippen molar-refractivity contribution in [3.8, 4) is 0 Å². The van der Waals surface area contributed by atoms with E-state index in [1.165, 1.54) is 11.0 Å². The highest BCUT2D eigenvalue weighted by atomic mass is 31.2. The Labute approximate surface area is 268 Å². The maximum absolute atomic E-state index is 14.5. The number of amides is 1. The zero-order chi connectivity index (χ0) is 33.0. The van der Waals surface area contributed by atoms with E-state index < -0.39 is 45.2 Å². The van der Waals surface area contributed by atoms with Crippen LogP contribution in [0, 0.1) is 5.92 Å². The van der Waals surface area contributed by atoms with E-state index in [9.17, 15) is 19.5 Å². The Hall–Kier alpha value is -3.71. The summed E-state index contributed by atoms with van der Waals surface area (Å²) in [4.78, 5) is 42.8. The molecule has 238 valence electrons. The average molecular weight is 646 g/mol. The molecule has 9 heteroatoms. The monoisotopic (exact) mass is 645 g/mol. The maximum Gasteiger partial charge on any atom is 0.356 e. The fourth-order valence-corrected chi connectivity index (χ4v) is 11.6. The third kappa shape index (κ3) is 6.64. The molecule has 1 heterocycles. The van der Waals surface area contributed by atoms with E-state index in [-0.39, 0.29) is 29.4 Å². The maximum atomic E-state index is 14.5. The number of carboxylic acid groups (broad SMARTS) is 1. The van der Waals surface area contributed by atoms with Gasteiger partial charge in [0, 0.05) is 6.89 Å². The molecule has 7 nitrogen and oxygen atoms in total. The smallest absolute Gasteiger partial charge is 0.356 e. The second-order valence-corrected chi connectivity index (χ2v) is 20.9. The minimum absolute atomic E-state index is 0.0688. The Bertz CT molecular complexity index is 1480. The number of rotatable bonds is 12. The molecule has 1 aliphatic rings. The highest BCUT2D eigenvalue weighted by Gasteiger charge is 2.57. The molecule has 3 aromatic carbocycles. The van der Waals surface area contributed by atoms with Crippen molar-refractivity contribution in [3.63, 3.8) is 0 Å². The molecule has 0 radical (unpaired) electrons. The molecular formula is C36H44NO6PSi. The van der Waals surface area contributed by atoms with Gasteiger partial charge in [-0.1, -0.05) is 124 Å². The molecule has 0 saturated carbocycles. The summed E-state index contributed by atoms with van der Waals surface area (Å²) >= 11 is 0. The molecule has 1 N–H and O–H groups in total. The molecule has 3 atom stereocenters. The topological polar surface area (TPSA) is 93.1 Å². The molecule has 0 aromatic heterocycles. The Balaban J connectivity index is 2.09. The van der Waals surface area contributed by atoms with Gasteiger partial charge in [-0.2, -0.15) is 0 Å². The van der Waals surface area contributed by atoms with Crippen molar-refractivity contribution in [1.29, 1.82) is 0 Å². The van der Waals surface area contributed by atoms with E-state index >= 15 is 0 Å². The lowest BCUT2D eigenvalue weighted by molar-refractivity contribution is -0.160. The van der Waals surface area contributed by atoms with Crippen molar-refractivity contribution in [2.45, 2.75) is 64.4 Å². The molecule has 1 saturated heterocycles. The summed E-state index contributed by atoms with van der Waals surface area (Å²) in [5, 5.41) is 12.5. The minimum atomic E-state index is -3.14. The number of carbonyl (C=O) groups is 3. The number of ether oxygens (including phenoxy) is 1. The van der Waals surface area contributed by atoms with E-state index in [1.54, 1.807) is 0 Å². The first-order valence-electron chi connectivity index (χ1n) is 15.2. The molecule has 1 aliphatic heterocycles. The van der Waals surface area contributed by atoms with Gasteiger partial charge in [-0.3, -0.25) is 9.59 Å². The van der Waals surface area contributed by atoms with Gasteiger partial charge < -0.3 is 19.2 Å². The number of likely N-dealkylation sites (tertiary alicyclic amines) is 1. The summed E-state index contributed by atoms with van der Waals surface area (Å²) in [5.74, 6) is -2.84. The molecule has 0 unspecified atom stereocenters. The molecular weight excluding hydrogens is 601 g/mol. The molecule has 3 aromatic rings. The lowest BCUT2D eigenvalue weighted by Gasteiger charge is -2.52. The Morgan fingerprint density at radius 1 is 0.933 bits per heavy atom. The fraction of sp³-hybridized carbons (Fsp3) is 0.333. The predicted molar refractivity (Wildman–Crippen MR) is 185 cm³/mol. The fourth-order valence-electron chi connectivity index (χ4n) is 5.82. The Morgan fingerprint density at radius 2 is 1.38 bits per heavy atom. The molecule has 1 amide bonds. The van der Waals surface area contributed by atoms with Crippen LogP contribution in [0.4, 0.5) is 0 Å². The van der Waals surface area contributed by atoms with Crippen molar-refractivity contribution in [2.75, 3.05) is 6.61 Å². The number of hydrogen-bond donors (Lipinski definition) is 1. The van der Waals surface area contributed by atoms with Crippen molar-refractivity contribution in [2.24, 2.45) is 5.92 Å². The minimum Gasteiger partial charge on any atom is -0.481 e. The first-order valence-corrected chi connectivity index (χ1v) is 19.9. The zero-order valence-electron chi connectivity index (χ0n) is 27.0. The van der Waals surface area contributed by atoms with Crippen LogP contribution in [-0.2, 0) is 23.5 Å². The molecule has 0 aliphatic carbocycles. The van der Waals surface area contributed by atoms with E-state index in [0.29, 0.717) is 0 Å². The number of carboxylic acids is 1. The van der Waals surface area contributed by atoms with Gasteiger partial charge >= 0.3 is 11.9 Å². The van der Waals surface area contributed by atoms with Gasteiger partial charge in [-0.15, -0.1) is 0 Å². The molecule has 45 heavy (non-hydrogen) atoms. The predicted octanol–water partition coefficient (Wildman–Crippen LogP) is 5.55.